The van der Waals surface area contributed by atoms with Crippen LogP contribution >= 0.6 is 11.3 Å². The Morgan fingerprint density at radius 2 is 1.85 bits per heavy atom. The topological polar surface area (TPSA) is 72.5 Å². The molecular formula is C19H17NO4S2. The first-order chi connectivity index (χ1) is 12.5. The van der Waals surface area contributed by atoms with Crippen molar-refractivity contribution < 1.29 is 17.9 Å². The van der Waals surface area contributed by atoms with Gasteiger partial charge in [0.05, 0.1) is 10.5 Å². The zero-order valence-electron chi connectivity index (χ0n) is 13.8. The van der Waals surface area contributed by atoms with Crippen molar-refractivity contribution in [2.24, 2.45) is 0 Å². The van der Waals surface area contributed by atoms with Crippen molar-refractivity contribution in [3.63, 3.8) is 0 Å². The zero-order valence-corrected chi connectivity index (χ0v) is 15.5. The predicted molar refractivity (Wildman–Crippen MR) is 101 cm³/mol. The molecule has 0 amide bonds. The molecule has 0 bridgehead atoms. The van der Waals surface area contributed by atoms with Gasteiger partial charge in [0.25, 0.3) is 0 Å². The Morgan fingerprint density at radius 3 is 2.58 bits per heavy atom. The molecule has 1 aliphatic rings. The largest absolute Gasteiger partial charge is 0.457 e. The molecule has 0 atom stereocenters. The first kappa shape index (κ1) is 17.2. The molecule has 4 rings (SSSR count). The molecule has 1 saturated carbocycles. The van der Waals surface area contributed by atoms with Gasteiger partial charge in [0.1, 0.15) is 6.61 Å². The van der Waals surface area contributed by atoms with Gasteiger partial charge in [-0.1, -0.05) is 18.2 Å². The lowest BCUT2D eigenvalue weighted by Gasteiger charge is -2.07. The summed E-state index contributed by atoms with van der Waals surface area (Å²) in [6, 6.07) is 13.8. The number of rotatable bonds is 6. The Balaban J connectivity index is 1.43. The van der Waals surface area contributed by atoms with Crippen LogP contribution in [0.3, 0.4) is 0 Å². The van der Waals surface area contributed by atoms with Crippen molar-refractivity contribution >= 4 is 37.4 Å². The second kappa shape index (κ2) is 6.83. The number of sulfonamides is 1. The highest BCUT2D eigenvalue weighted by Gasteiger charge is 2.28. The average molecular weight is 387 g/mol. The van der Waals surface area contributed by atoms with Crippen molar-refractivity contribution in [1.82, 2.24) is 4.72 Å². The van der Waals surface area contributed by atoms with E-state index < -0.39 is 16.0 Å². The minimum Gasteiger partial charge on any atom is -0.457 e. The summed E-state index contributed by atoms with van der Waals surface area (Å²) in [7, 11) is -3.51. The first-order valence-electron chi connectivity index (χ1n) is 8.27. The summed E-state index contributed by atoms with van der Waals surface area (Å²) in [6.45, 7) is 0.187. The summed E-state index contributed by atoms with van der Waals surface area (Å²) < 4.78 is 33.4. The van der Waals surface area contributed by atoms with Crippen LogP contribution in [0.2, 0.25) is 0 Å². The molecule has 0 spiro atoms. The average Bonchev–Trinajstić information content (AvgIpc) is 3.35. The van der Waals surface area contributed by atoms with Gasteiger partial charge >= 0.3 is 5.97 Å². The molecule has 1 aromatic heterocycles. The maximum atomic E-state index is 12.2. The third-order valence-electron chi connectivity index (χ3n) is 4.22. The fourth-order valence-electron chi connectivity index (χ4n) is 2.63. The van der Waals surface area contributed by atoms with Crippen molar-refractivity contribution in [2.45, 2.75) is 30.4 Å². The summed E-state index contributed by atoms with van der Waals surface area (Å²) in [4.78, 5) is 12.4. The van der Waals surface area contributed by atoms with Crippen molar-refractivity contribution in [3.8, 4) is 0 Å². The third-order valence-corrected chi connectivity index (χ3v) is 6.77. The Morgan fingerprint density at radius 1 is 1.12 bits per heavy atom. The van der Waals surface area contributed by atoms with Crippen LogP contribution in [0.4, 0.5) is 0 Å². The molecule has 2 aromatic carbocycles. The van der Waals surface area contributed by atoms with Gasteiger partial charge < -0.3 is 4.74 Å². The van der Waals surface area contributed by atoms with Gasteiger partial charge in [0.2, 0.25) is 10.0 Å². The van der Waals surface area contributed by atoms with Crippen LogP contribution in [0.5, 0.6) is 0 Å². The zero-order chi connectivity index (χ0) is 18.1. The number of nitrogens with one attached hydrogen (secondary N) is 1. The van der Waals surface area contributed by atoms with Crippen LogP contribution < -0.4 is 4.72 Å². The maximum absolute atomic E-state index is 12.2. The smallest absolute Gasteiger partial charge is 0.338 e. The van der Waals surface area contributed by atoms with Gasteiger partial charge in [-0.05, 0) is 53.9 Å². The van der Waals surface area contributed by atoms with Gasteiger partial charge in [-0.3, -0.25) is 0 Å². The number of carbonyl (C=O) groups excluding carboxylic acids is 1. The lowest BCUT2D eigenvalue weighted by atomic mass is 10.2. The SMILES string of the molecule is O=C(OCc1csc2ccccc12)c1ccc(S(=O)(=O)NC2CC2)cc1. The van der Waals surface area contributed by atoms with E-state index in [1.165, 1.54) is 24.3 Å². The Kier molecular flexibility index (Phi) is 4.52. The quantitative estimate of drug-likeness (QED) is 0.655. The molecule has 7 heteroatoms. The van der Waals surface area contributed by atoms with E-state index in [9.17, 15) is 13.2 Å². The maximum Gasteiger partial charge on any atom is 0.338 e. The highest BCUT2D eigenvalue weighted by molar-refractivity contribution is 7.89. The molecule has 0 radical (unpaired) electrons. The van der Waals surface area contributed by atoms with Gasteiger partial charge in [0.15, 0.2) is 0 Å². The second-order valence-corrected chi connectivity index (χ2v) is 8.88. The highest BCUT2D eigenvalue weighted by Crippen LogP contribution is 2.26. The first-order valence-corrected chi connectivity index (χ1v) is 10.6. The van der Waals surface area contributed by atoms with E-state index in [-0.39, 0.29) is 17.5 Å². The lowest BCUT2D eigenvalue weighted by Crippen LogP contribution is -2.25. The monoisotopic (exact) mass is 387 g/mol. The normalized spacial score (nSPS) is 14.5. The number of benzene rings is 2. The van der Waals surface area contributed by atoms with Crippen LogP contribution in [0.25, 0.3) is 10.1 Å². The van der Waals surface area contributed by atoms with Crippen LogP contribution in [0.1, 0.15) is 28.8 Å². The number of thiophene rings is 1. The van der Waals surface area contributed by atoms with Crippen LogP contribution in [0.15, 0.2) is 58.8 Å². The molecular weight excluding hydrogens is 370 g/mol. The Hall–Kier alpha value is -2.22. The number of hydrogen-bond donors (Lipinski definition) is 1. The van der Waals surface area contributed by atoms with E-state index in [4.69, 9.17) is 4.74 Å². The van der Waals surface area contributed by atoms with E-state index in [1.807, 2.05) is 29.6 Å². The van der Waals surface area contributed by atoms with Gasteiger partial charge in [-0.25, -0.2) is 17.9 Å². The minimum atomic E-state index is -3.51. The predicted octanol–water partition coefficient (Wildman–Crippen LogP) is 3.70. The molecule has 1 aliphatic carbocycles. The number of ether oxygens (including phenoxy) is 1. The standard InChI is InChI=1S/C19H17NO4S2/c21-19(24-11-14-12-25-18-4-2-1-3-17(14)18)13-5-9-16(10-6-13)26(22,23)20-15-7-8-15/h1-6,9-10,12,15,20H,7-8,11H2. The summed E-state index contributed by atoms with van der Waals surface area (Å²) in [6.07, 6.45) is 1.75. The fraction of sp³-hybridized carbons (Fsp3) is 0.211. The molecule has 5 nitrogen and oxygen atoms in total. The number of carbonyl (C=O) groups is 1. The van der Waals surface area contributed by atoms with E-state index in [1.54, 1.807) is 11.3 Å². The number of fused-ring (bicyclic) bond motifs is 1. The Labute approximate surface area is 155 Å². The van der Waals surface area contributed by atoms with E-state index in [2.05, 4.69) is 4.72 Å². The summed E-state index contributed by atoms with van der Waals surface area (Å²) in [5.41, 5.74) is 1.29. The van der Waals surface area contributed by atoms with Crippen molar-refractivity contribution in [1.29, 1.82) is 0 Å². The molecule has 1 N–H and O–H groups in total. The van der Waals surface area contributed by atoms with Crippen LogP contribution in [-0.2, 0) is 21.4 Å². The van der Waals surface area contributed by atoms with Crippen LogP contribution in [0, 0.1) is 0 Å². The van der Waals surface area contributed by atoms with Gasteiger partial charge in [0, 0.05) is 16.3 Å². The van der Waals surface area contributed by atoms with E-state index in [0.717, 1.165) is 28.5 Å². The van der Waals surface area contributed by atoms with Crippen molar-refractivity contribution in [3.05, 3.63) is 65.0 Å². The summed E-state index contributed by atoms with van der Waals surface area (Å²) in [5, 5.41) is 3.06. The molecule has 26 heavy (non-hydrogen) atoms. The molecule has 0 aliphatic heterocycles. The molecule has 0 saturated heterocycles. The number of esters is 1. The van der Waals surface area contributed by atoms with E-state index in [0.29, 0.717) is 5.56 Å². The van der Waals surface area contributed by atoms with E-state index >= 15 is 0 Å². The molecule has 1 heterocycles. The molecule has 134 valence electrons. The molecule has 3 aromatic rings. The number of hydrogen-bond acceptors (Lipinski definition) is 5. The fourth-order valence-corrected chi connectivity index (χ4v) is 4.88. The third kappa shape index (κ3) is 3.65. The highest BCUT2D eigenvalue weighted by atomic mass is 32.2. The molecule has 1 fully saturated rings. The minimum absolute atomic E-state index is 0.0464. The van der Waals surface area contributed by atoms with Gasteiger partial charge in [-0.15, -0.1) is 11.3 Å². The summed E-state index contributed by atoms with van der Waals surface area (Å²) in [5.74, 6) is -0.473. The van der Waals surface area contributed by atoms with Gasteiger partial charge in [-0.2, -0.15) is 0 Å². The van der Waals surface area contributed by atoms with Crippen LogP contribution in [-0.4, -0.2) is 20.4 Å². The lowest BCUT2D eigenvalue weighted by molar-refractivity contribution is 0.0474. The summed E-state index contributed by atoms with van der Waals surface area (Å²) >= 11 is 1.61. The molecule has 0 unspecified atom stereocenters. The van der Waals surface area contributed by atoms with Crippen molar-refractivity contribution in [2.75, 3.05) is 0 Å². The Bertz CT molecular complexity index is 1050. The second-order valence-electron chi connectivity index (χ2n) is 6.25.